The van der Waals surface area contributed by atoms with Gasteiger partial charge in [0.25, 0.3) is 0 Å². The Morgan fingerprint density at radius 2 is 1.00 bits per heavy atom. The van der Waals surface area contributed by atoms with Crippen molar-refractivity contribution < 1.29 is 64.0 Å². The van der Waals surface area contributed by atoms with Crippen LogP contribution in [0, 0.1) is 0 Å². The van der Waals surface area contributed by atoms with E-state index in [0.717, 1.165) is 0 Å². The molecule has 0 aliphatic heterocycles. The summed E-state index contributed by atoms with van der Waals surface area (Å²) in [5, 5.41) is 0. The van der Waals surface area contributed by atoms with E-state index in [-0.39, 0.29) is 51.4 Å². The monoisotopic (exact) mass is 128 g/mol. The zero-order valence-corrected chi connectivity index (χ0v) is 6.76. The van der Waals surface area contributed by atoms with Crippen LogP contribution in [0.25, 0.3) is 0 Å². The zero-order chi connectivity index (χ0) is 3.58. The Morgan fingerprint density at radius 3 is 1.00 bits per heavy atom. The fraction of sp³-hybridized carbons (Fsp3) is 0. The summed E-state index contributed by atoms with van der Waals surface area (Å²) in [5.41, 5.74) is 0. The molecule has 0 heterocycles. The van der Waals surface area contributed by atoms with Gasteiger partial charge < -0.3 is 0 Å². The van der Waals surface area contributed by atoms with Crippen LogP contribution in [-0.2, 0) is 0 Å². The van der Waals surface area contributed by atoms with Crippen molar-refractivity contribution in [3.05, 3.63) is 0 Å². The van der Waals surface area contributed by atoms with E-state index in [1.54, 1.807) is 0 Å². The fourth-order valence-electron chi connectivity index (χ4n) is 0. The van der Waals surface area contributed by atoms with Gasteiger partial charge in [-0.3, -0.25) is 0 Å². The van der Waals surface area contributed by atoms with Crippen LogP contribution >= 0.6 is 8.85 Å². The van der Waals surface area contributed by atoms with Gasteiger partial charge in [0, 0.05) is 12.6 Å². The number of hydrogen-bond acceptors (Lipinski definition) is 0. The Kier molecular flexibility index (Phi) is 11.7. The third kappa shape index (κ3) is 25.3. The Morgan fingerprint density at radius 1 is 1.00 bits per heavy atom. The summed E-state index contributed by atoms with van der Waals surface area (Å²) in [6.45, 7) is 0. The van der Waals surface area contributed by atoms with Gasteiger partial charge in [-0.05, 0) is 0 Å². The molecular weight excluding hydrogens is 127 g/mol. The molecule has 0 N–H and O–H groups in total. The van der Waals surface area contributed by atoms with Gasteiger partial charge in [0.15, 0.2) is 0 Å². The normalized spacial score (nSPS) is 7.20. The van der Waals surface area contributed by atoms with E-state index in [1.165, 1.54) is 0 Å². The van der Waals surface area contributed by atoms with Gasteiger partial charge in [0.05, 0.1) is 0 Å². The van der Waals surface area contributed by atoms with Crippen molar-refractivity contribution in [3.8, 4) is 0 Å². The molecule has 0 amide bonds. The minimum atomic E-state index is -4.38. The first-order chi connectivity index (χ1) is 1.73. The smallest absolute Gasteiger partial charge is 0.0167 e. The molecule has 5 heavy (non-hydrogen) atoms. The second-order valence-corrected chi connectivity index (χ2v) is 0.643. The molecule has 0 nitrogen and oxygen atoms in total. The van der Waals surface area contributed by atoms with Gasteiger partial charge in [0.1, 0.15) is 0 Å². The molecule has 0 rings (SSSR count). The van der Waals surface area contributed by atoms with E-state index in [4.69, 9.17) is 0 Å². The van der Waals surface area contributed by atoms with Gasteiger partial charge in [0.2, 0.25) is 0 Å². The maximum Gasteiger partial charge on any atom is 1.00 e. The minimum absolute atomic E-state index is 0. The Bertz CT molecular complexity index is 11.6. The van der Waals surface area contributed by atoms with Gasteiger partial charge in [-0.2, -0.15) is 0 Å². The summed E-state index contributed by atoms with van der Waals surface area (Å²) in [4.78, 5) is 0. The molecule has 0 saturated heterocycles. The Balaban J connectivity index is 0. The van der Waals surface area contributed by atoms with E-state index in [1.807, 2.05) is 0 Å². The molecule has 0 aromatic carbocycles. The van der Waals surface area contributed by atoms with Crippen molar-refractivity contribution in [2.24, 2.45) is 0 Å². The van der Waals surface area contributed by atoms with E-state index < -0.39 is 8.85 Å². The summed E-state index contributed by atoms with van der Waals surface area (Å²) < 4.78 is 29.3. The largest absolute Gasteiger partial charge is 1.00 e. The van der Waals surface area contributed by atoms with Gasteiger partial charge >= 0.3 is 60.2 Å². The summed E-state index contributed by atoms with van der Waals surface area (Å²) in [6, 6.07) is 0. The summed E-state index contributed by atoms with van der Waals surface area (Å²) in [6.07, 6.45) is 0. The van der Waals surface area contributed by atoms with Crippen molar-refractivity contribution in [1.82, 2.24) is 0 Å². The molecule has 0 aliphatic carbocycles. The third-order valence-corrected chi connectivity index (χ3v) is 0. The first kappa shape index (κ1) is 9.97. The van der Waals surface area contributed by atoms with Crippen LogP contribution in [0.4, 0.5) is 12.6 Å². The van der Waals surface area contributed by atoms with Gasteiger partial charge in [-0.25, -0.2) is 0 Å². The zero-order valence-electron chi connectivity index (χ0n) is 2.63. The summed E-state index contributed by atoms with van der Waals surface area (Å²) >= 11 is 0. The van der Waals surface area contributed by atoms with Crippen LogP contribution in [0.2, 0.25) is 0 Å². The molecule has 0 bridgehead atoms. The minimum Gasteiger partial charge on any atom is 0.0167 e. The Hall–Kier alpha value is 1.86. The first-order valence-corrected chi connectivity index (χ1v) is 1.70. The van der Waals surface area contributed by atoms with Crippen LogP contribution in [-0.4, -0.2) is 0 Å². The maximum atomic E-state index is 9.77. The Labute approximate surface area is 71.7 Å². The standard InChI is InChI=1S/F3HP.K/c1-4(2)3;/h4H;/q2*+1. The SMILES string of the molecule is F[PH+](F)F.[K+]. The van der Waals surface area contributed by atoms with E-state index in [9.17, 15) is 12.6 Å². The van der Waals surface area contributed by atoms with Crippen molar-refractivity contribution in [1.29, 1.82) is 0 Å². The van der Waals surface area contributed by atoms with Crippen molar-refractivity contribution >= 4 is 8.85 Å². The van der Waals surface area contributed by atoms with Crippen LogP contribution < -0.4 is 51.4 Å². The molecule has 0 fully saturated rings. The van der Waals surface area contributed by atoms with Crippen LogP contribution in [0.1, 0.15) is 0 Å². The van der Waals surface area contributed by atoms with Crippen LogP contribution in [0.5, 0.6) is 0 Å². The molecule has 0 atom stereocenters. The van der Waals surface area contributed by atoms with Crippen LogP contribution in [0.15, 0.2) is 0 Å². The van der Waals surface area contributed by atoms with Crippen LogP contribution in [0.3, 0.4) is 0 Å². The molecule has 0 aromatic rings. The molecule has 0 aliphatic rings. The predicted molar refractivity (Wildman–Crippen MR) is 11.6 cm³/mol. The van der Waals surface area contributed by atoms with Crippen molar-refractivity contribution in [2.75, 3.05) is 0 Å². The van der Waals surface area contributed by atoms with Crippen molar-refractivity contribution in [3.63, 3.8) is 0 Å². The predicted octanol–water partition coefficient (Wildman–Crippen LogP) is -1.14. The third-order valence-electron chi connectivity index (χ3n) is 0. The second kappa shape index (κ2) is 5.86. The first-order valence-electron chi connectivity index (χ1n) is 0.567. The van der Waals surface area contributed by atoms with Gasteiger partial charge in [-0.15, -0.1) is 0 Å². The number of halogens is 3. The number of rotatable bonds is 0. The molecule has 0 saturated carbocycles. The molecule has 0 unspecified atom stereocenters. The summed E-state index contributed by atoms with van der Waals surface area (Å²) in [5.74, 6) is 0. The molecule has 0 aromatic heterocycles. The average Bonchev–Trinajstić information content (AvgIpc) is 0.811. The maximum absolute atomic E-state index is 9.77. The molecular formula is HF3KP+2. The average molecular weight is 128 g/mol. The topological polar surface area (TPSA) is 0 Å². The molecule has 5 heteroatoms. The summed E-state index contributed by atoms with van der Waals surface area (Å²) in [7, 11) is -4.38. The fourth-order valence-corrected chi connectivity index (χ4v) is 0. The van der Waals surface area contributed by atoms with Gasteiger partial charge in [-0.1, -0.05) is 0 Å². The van der Waals surface area contributed by atoms with E-state index >= 15 is 0 Å². The van der Waals surface area contributed by atoms with E-state index in [0.29, 0.717) is 0 Å². The number of hydrogen-bond donors (Lipinski definition) is 0. The molecule has 0 spiro atoms. The second-order valence-electron chi connectivity index (χ2n) is 0.214. The molecule has 26 valence electrons. The molecule has 0 radical (unpaired) electrons. The quantitative estimate of drug-likeness (QED) is 0.286. The van der Waals surface area contributed by atoms with E-state index in [2.05, 4.69) is 0 Å². The van der Waals surface area contributed by atoms with Crippen molar-refractivity contribution in [2.45, 2.75) is 0 Å².